The molecule has 5 rings (SSSR count). The molecule has 3 aromatic rings. The number of aromatic nitrogens is 4. The smallest absolute Gasteiger partial charge is 0.224 e. The Bertz CT molecular complexity index is 1170. The van der Waals surface area contributed by atoms with Crippen LogP contribution in [0.3, 0.4) is 0 Å². The summed E-state index contributed by atoms with van der Waals surface area (Å²) in [6.07, 6.45) is 6.20. The second kappa shape index (κ2) is 11.1. The van der Waals surface area contributed by atoms with Gasteiger partial charge in [0.2, 0.25) is 11.7 Å². The number of para-hydroxylation sites is 1. The van der Waals surface area contributed by atoms with Crippen molar-refractivity contribution < 1.29 is 14.3 Å². The first kappa shape index (κ1) is 24.4. The van der Waals surface area contributed by atoms with Crippen LogP contribution in [-0.2, 0) is 4.79 Å². The lowest BCUT2D eigenvalue weighted by atomic mass is 10.1. The molecule has 0 spiro atoms. The quantitative estimate of drug-likeness (QED) is 0.457. The van der Waals surface area contributed by atoms with Crippen LogP contribution in [0.1, 0.15) is 43.2 Å². The van der Waals surface area contributed by atoms with Crippen molar-refractivity contribution in [1.82, 2.24) is 20.6 Å². The molecule has 3 N–H and O–H groups in total. The monoisotopic (exact) mass is 478 g/mol. The summed E-state index contributed by atoms with van der Waals surface area (Å²) in [4.78, 5) is 14.2. The third kappa shape index (κ3) is 6.65. The molecule has 0 atom stereocenters. The van der Waals surface area contributed by atoms with E-state index in [1.54, 1.807) is 6.08 Å². The van der Waals surface area contributed by atoms with Crippen LogP contribution < -0.4 is 10.2 Å². The standard InChI is InChI=1S/C18H21FN6O.C8H10O/c19-13-2-1-9-25(11-13)14-6-7-16(15(10-14)18-21-23-24-22-18)20-17(26)8-5-12-3-4-12;1-6-4-3-5-7(2)8(6)9/h2,6-7,10,12H,1,3-5,8-9,11H2,(H,20,26)(H,21,22,23,24);3-5,9H,1-2H3. The highest BCUT2D eigenvalue weighted by Crippen LogP contribution is 2.34. The average Bonchev–Trinajstić information content (AvgIpc) is 3.53. The van der Waals surface area contributed by atoms with Gasteiger partial charge in [0.25, 0.3) is 0 Å². The summed E-state index contributed by atoms with van der Waals surface area (Å²) >= 11 is 0. The fraction of sp³-hybridized carbons (Fsp3) is 0.385. The molecule has 1 saturated carbocycles. The zero-order valence-corrected chi connectivity index (χ0v) is 20.1. The van der Waals surface area contributed by atoms with Crippen molar-refractivity contribution in [1.29, 1.82) is 0 Å². The third-order valence-corrected chi connectivity index (χ3v) is 6.25. The number of aromatic amines is 1. The number of aromatic hydroxyl groups is 1. The number of aryl methyl sites for hydroxylation is 2. The minimum Gasteiger partial charge on any atom is -0.507 e. The minimum atomic E-state index is -0.130. The van der Waals surface area contributed by atoms with Gasteiger partial charge in [-0.2, -0.15) is 5.21 Å². The van der Waals surface area contributed by atoms with Crippen LogP contribution in [0.2, 0.25) is 0 Å². The Morgan fingerprint density at radius 2 is 2.00 bits per heavy atom. The number of nitrogens with zero attached hydrogens (tertiary/aromatic N) is 4. The molecule has 2 aromatic carbocycles. The Hall–Kier alpha value is -3.75. The van der Waals surface area contributed by atoms with Crippen LogP contribution in [0, 0.1) is 19.8 Å². The van der Waals surface area contributed by atoms with Gasteiger partial charge in [-0.3, -0.25) is 4.79 Å². The summed E-state index contributed by atoms with van der Waals surface area (Å²) in [5.74, 6) is 1.38. The summed E-state index contributed by atoms with van der Waals surface area (Å²) in [7, 11) is 0. The van der Waals surface area contributed by atoms with Crippen LogP contribution in [0.5, 0.6) is 5.75 Å². The molecule has 1 aliphatic carbocycles. The lowest BCUT2D eigenvalue weighted by Gasteiger charge is -2.27. The van der Waals surface area contributed by atoms with Crippen molar-refractivity contribution in [2.45, 2.75) is 46.0 Å². The number of phenols is 1. The number of H-pyrrole nitrogens is 1. The Labute approximate surface area is 204 Å². The van der Waals surface area contributed by atoms with Gasteiger partial charge in [0.05, 0.1) is 12.2 Å². The number of halogens is 1. The molecule has 1 fully saturated rings. The molecule has 1 amide bonds. The largest absolute Gasteiger partial charge is 0.507 e. The number of nitrogens with one attached hydrogen (secondary N) is 2. The van der Waals surface area contributed by atoms with Crippen molar-refractivity contribution in [2.75, 3.05) is 23.3 Å². The molecular weight excluding hydrogens is 447 g/mol. The van der Waals surface area contributed by atoms with Crippen LogP contribution >= 0.6 is 0 Å². The van der Waals surface area contributed by atoms with Gasteiger partial charge < -0.3 is 15.3 Å². The summed E-state index contributed by atoms with van der Waals surface area (Å²) in [5, 5.41) is 26.3. The van der Waals surface area contributed by atoms with E-state index in [2.05, 4.69) is 25.9 Å². The predicted molar refractivity (Wildman–Crippen MR) is 134 cm³/mol. The molecule has 0 saturated heterocycles. The average molecular weight is 479 g/mol. The number of carbonyl (C=O) groups is 1. The normalized spacial score (nSPS) is 15.2. The van der Waals surface area contributed by atoms with E-state index in [1.807, 2.05) is 55.1 Å². The zero-order chi connectivity index (χ0) is 24.8. The van der Waals surface area contributed by atoms with Crippen molar-refractivity contribution >= 4 is 17.3 Å². The van der Waals surface area contributed by atoms with E-state index in [1.165, 1.54) is 12.8 Å². The zero-order valence-electron chi connectivity index (χ0n) is 20.1. The molecule has 2 heterocycles. The number of anilines is 2. The summed E-state index contributed by atoms with van der Waals surface area (Å²) < 4.78 is 13.6. The molecule has 184 valence electrons. The molecule has 1 aromatic heterocycles. The maximum atomic E-state index is 13.6. The van der Waals surface area contributed by atoms with Crippen molar-refractivity contribution in [2.24, 2.45) is 5.92 Å². The van der Waals surface area contributed by atoms with Gasteiger partial charge in [-0.15, -0.1) is 10.2 Å². The van der Waals surface area contributed by atoms with Crippen molar-refractivity contribution in [3.8, 4) is 17.1 Å². The van der Waals surface area contributed by atoms with Gasteiger partial charge in [0.1, 0.15) is 11.6 Å². The molecule has 1 aliphatic heterocycles. The van der Waals surface area contributed by atoms with Gasteiger partial charge in [0, 0.05) is 24.2 Å². The highest BCUT2D eigenvalue weighted by Gasteiger charge is 2.23. The molecule has 35 heavy (non-hydrogen) atoms. The van der Waals surface area contributed by atoms with E-state index in [0.717, 1.165) is 29.8 Å². The van der Waals surface area contributed by atoms with E-state index < -0.39 is 0 Å². The predicted octanol–water partition coefficient (Wildman–Crippen LogP) is 5.07. The SMILES string of the molecule is Cc1cccc(C)c1O.O=C(CCC1CC1)Nc1ccc(N2CCC=C(F)C2)cc1-c1nn[nH]n1. The number of tetrazole rings is 1. The second-order valence-corrected chi connectivity index (χ2v) is 9.10. The van der Waals surface area contributed by atoms with Crippen LogP contribution in [0.15, 0.2) is 48.3 Å². The fourth-order valence-electron chi connectivity index (χ4n) is 3.98. The second-order valence-electron chi connectivity index (χ2n) is 9.10. The fourth-order valence-corrected chi connectivity index (χ4v) is 3.98. The minimum absolute atomic E-state index is 0.0126. The first-order valence-corrected chi connectivity index (χ1v) is 11.9. The molecular formula is C26H31FN6O2. The van der Waals surface area contributed by atoms with E-state index in [-0.39, 0.29) is 18.3 Å². The van der Waals surface area contributed by atoms with Gasteiger partial charge in [-0.05, 0) is 73.2 Å². The Balaban J connectivity index is 0.000000271. The number of carbonyl (C=O) groups excluding carboxylic acids is 1. The van der Waals surface area contributed by atoms with Crippen LogP contribution in [-0.4, -0.2) is 44.7 Å². The lowest BCUT2D eigenvalue weighted by Crippen LogP contribution is -2.28. The van der Waals surface area contributed by atoms with Gasteiger partial charge >= 0.3 is 0 Å². The van der Waals surface area contributed by atoms with E-state index in [9.17, 15) is 14.3 Å². The van der Waals surface area contributed by atoms with E-state index in [4.69, 9.17) is 0 Å². The van der Waals surface area contributed by atoms with Crippen molar-refractivity contribution in [3.63, 3.8) is 0 Å². The van der Waals surface area contributed by atoms with Crippen LogP contribution in [0.25, 0.3) is 11.4 Å². The topological polar surface area (TPSA) is 107 Å². The lowest BCUT2D eigenvalue weighted by molar-refractivity contribution is -0.116. The highest BCUT2D eigenvalue weighted by molar-refractivity contribution is 5.95. The molecule has 9 heteroatoms. The number of hydrogen-bond donors (Lipinski definition) is 3. The molecule has 0 radical (unpaired) electrons. The summed E-state index contributed by atoms with van der Waals surface area (Å²) in [5.41, 5.74) is 4.06. The van der Waals surface area contributed by atoms with E-state index in [0.29, 0.717) is 41.6 Å². The molecule has 8 nitrogen and oxygen atoms in total. The summed E-state index contributed by atoms with van der Waals surface area (Å²) in [6.45, 7) is 4.77. The number of rotatable bonds is 6. The summed E-state index contributed by atoms with van der Waals surface area (Å²) in [6, 6.07) is 11.3. The van der Waals surface area contributed by atoms with E-state index >= 15 is 0 Å². The highest BCUT2D eigenvalue weighted by atomic mass is 19.1. The maximum absolute atomic E-state index is 13.6. The third-order valence-electron chi connectivity index (χ3n) is 6.25. The number of phenolic OH excluding ortho intramolecular Hbond substituents is 1. The molecule has 0 unspecified atom stereocenters. The molecule has 2 aliphatic rings. The molecule has 0 bridgehead atoms. The first-order chi connectivity index (χ1) is 16.9. The Morgan fingerprint density at radius 1 is 1.23 bits per heavy atom. The number of hydrogen-bond acceptors (Lipinski definition) is 6. The Kier molecular flexibility index (Phi) is 7.74. The van der Waals surface area contributed by atoms with Crippen LogP contribution in [0.4, 0.5) is 15.8 Å². The van der Waals surface area contributed by atoms with Crippen molar-refractivity contribution in [3.05, 3.63) is 59.4 Å². The first-order valence-electron chi connectivity index (χ1n) is 11.9. The number of amides is 1. The Morgan fingerprint density at radius 3 is 2.63 bits per heavy atom. The number of benzene rings is 2. The van der Waals surface area contributed by atoms with Gasteiger partial charge in [0.15, 0.2) is 0 Å². The maximum Gasteiger partial charge on any atom is 0.224 e. The van der Waals surface area contributed by atoms with Gasteiger partial charge in [-0.25, -0.2) is 4.39 Å². The van der Waals surface area contributed by atoms with Gasteiger partial charge in [-0.1, -0.05) is 31.0 Å².